The predicted octanol–water partition coefficient (Wildman–Crippen LogP) is 1.27. The van der Waals surface area contributed by atoms with Gasteiger partial charge in [-0.3, -0.25) is 28.8 Å². The molecule has 1 aromatic heterocycles. The van der Waals surface area contributed by atoms with Crippen molar-refractivity contribution >= 4 is 57.3 Å². The normalized spacial score (nSPS) is 20.0. The third kappa shape index (κ3) is 13.0. The number of carbonyl (C=O) groups is 6. The van der Waals surface area contributed by atoms with Crippen LogP contribution in [0.15, 0.2) is 78.9 Å². The highest BCUT2D eigenvalue weighted by Gasteiger charge is 2.48. The molecule has 18 nitrogen and oxygen atoms in total. The molecule has 0 aliphatic carbocycles. The number of nitrogens with two attached hydrogens (primary N) is 1. The van der Waals surface area contributed by atoms with Crippen molar-refractivity contribution in [1.29, 1.82) is 0 Å². The van der Waals surface area contributed by atoms with Gasteiger partial charge in [-0.25, -0.2) is 4.98 Å². The van der Waals surface area contributed by atoms with E-state index < -0.39 is 85.0 Å². The summed E-state index contributed by atoms with van der Waals surface area (Å²) in [7, 11) is 0. The zero-order valence-electron chi connectivity index (χ0n) is 34.8. The number of esters is 1. The standard InChI is InChI=1S/C44H54N6O12/c1-25(47-42(57)26(2)61-39-37(48-27(3)52)44(62-34(23-51)38(39)54)60-24-28-12-5-4-6-13-28)41(56)50-33(40(45)55)18-19-35(53)59-21-10-9-20-46-43(58)31-16-11-15-30-22-29-14-7-8-17-32(29)49-36(30)31/h4-8,11-17,22,25-26,33-34,37-39,44,51,54H,9-10,18-21,23-24H2,1-3H3,(H2,45,55)(H,46,58)(H,47,57)(H,48,52)(H,50,56)/t25-,26?,33-,34?,37+,38?,39+,44-/m1/s1. The molecular weight excluding hydrogens is 805 g/mol. The number of unbranched alkanes of at least 4 members (excludes halogenated alkanes) is 1. The number of para-hydroxylation sites is 2. The number of carbonyl (C=O) groups excluding carboxylic acids is 6. The smallest absolute Gasteiger partial charge is 0.305 e. The number of aliphatic hydroxyl groups is 2. The van der Waals surface area contributed by atoms with Crippen LogP contribution in [-0.2, 0) is 49.5 Å². The van der Waals surface area contributed by atoms with E-state index in [1.165, 1.54) is 20.8 Å². The van der Waals surface area contributed by atoms with Gasteiger partial charge in [-0.15, -0.1) is 0 Å². The molecule has 0 bridgehead atoms. The number of nitrogens with one attached hydrogen (secondary N) is 4. The minimum atomic E-state index is -1.50. The molecule has 4 aromatic rings. The molecule has 62 heavy (non-hydrogen) atoms. The summed E-state index contributed by atoms with van der Waals surface area (Å²) < 4.78 is 22.9. The van der Waals surface area contributed by atoms with Crippen LogP contribution in [0.4, 0.5) is 0 Å². The van der Waals surface area contributed by atoms with E-state index in [0.29, 0.717) is 30.5 Å². The van der Waals surface area contributed by atoms with E-state index in [1.54, 1.807) is 12.1 Å². The van der Waals surface area contributed by atoms with E-state index in [1.807, 2.05) is 66.7 Å². The van der Waals surface area contributed by atoms with Gasteiger partial charge in [0, 0.05) is 30.7 Å². The quantitative estimate of drug-likeness (QED) is 0.0354. The summed E-state index contributed by atoms with van der Waals surface area (Å²) in [6, 6.07) is 20.6. The third-order valence-electron chi connectivity index (χ3n) is 10.2. The van der Waals surface area contributed by atoms with Gasteiger partial charge in [-0.2, -0.15) is 0 Å². The van der Waals surface area contributed by atoms with E-state index in [9.17, 15) is 39.0 Å². The van der Waals surface area contributed by atoms with Crippen LogP contribution in [0.1, 0.15) is 62.4 Å². The van der Waals surface area contributed by atoms with Crippen molar-refractivity contribution in [2.45, 2.75) is 102 Å². The second-order valence-corrected chi connectivity index (χ2v) is 15.0. The lowest BCUT2D eigenvalue weighted by molar-refractivity contribution is -0.283. The number of fused-ring (bicyclic) bond motifs is 2. The molecule has 0 saturated carbocycles. The summed E-state index contributed by atoms with van der Waals surface area (Å²) in [5, 5.41) is 33.2. The largest absolute Gasteiger partial charge is 0.466 e. The Labute approximate surface area is 358 Å². The number of hydrogen-bond acceptors (Lipinski definition) is 13. The Balaban J connectivity index is 1.04. The minimum Gasteiger partial charge on any atom is -0.466 e. The predicted molar refractivity (Wildman–Crippen MR) is 225 cm³/mol. The Bertz CT molecular complexity index is 2190. The van der Waals surface area contributed by atoms with Crippen LogP contribution in [0.2, 0.25) is 0 Å². The van der Waals surface area contributed by atoms with Crippen molar-refractivity contribution in [2.24, 2.45) is 5.73 Å². The van der Waals surface area contributed by atoms with Crippen LogP contribution in [-0.4, -0.2) is 119 Å². The maximum absolute atomic E-state index is 13.2. The topological polar surface area (TPSA) is 267 Å². The van der Waals surface area contributed by atoms with Crippen molar-refractivity contribution in [3.8, 4) is 0 Å². The molecule has 0 radical (unpaired) electrons. The summed E-state index contributed by atoms with van der Waals surface area (Å²) in [6.07, 6.45) is -5.92. The minimum absolute atomic E-state index is 0.0614. The number of primary amides is 1. The Morgan fingerprint density at radius 1 is 0.903 bits per heavy atom. The van der Waals surface area contributed by atoms with Gasteiger partial charge >= 0.3 is 5.97 Å². The maximum Gasteiger partial charge on any atom is 0.305 e. The first kappa shape index (κ1) is 47.0. The molecule has 3 unspecified atom stereocenters. The van der Waals surface area contributed by atoms with Gasteiger partial charge in [-0.05, 0) is 56.9 Å². The zero-order valence-corrected chi connectivity index (χ0v) is 34.8. The lowest BCUT2D eigenvalue weighted by Gasteiger charge is -2.44. The van der Waals surface area contributed by atoms with Crippen molar-refractivity contribution in [1.82, 2.24) is 26.3 Å². The lowest BCUT2D eigenvalue weighted by atomic mass is 9.96. The van der Waals surface area contributed by atoms with E-state index >= 15 is 0 Å². The molecule has 1 aliphatic rings. The Morgan fingerprint density at radius 3 is 2.35 bits per heavy atom. The number of hydrogen-bond donors (Lipinski definition) is 7. The number of rotatable bonds is 21. The van der Waals surface area contributed by atoms with Gasteiger partial charge < -0.3 is 56.2 Å². The van der Waals surface area contributed by atoms with Crippen molar-refractivity contribution in [2.75, 3.05) is 19.8 Å². The zero-order chi connectivity index (χ0) is 44.8. The number of pyridine rings is 1. The van der Waals surface area contributed by atoms with Gasteiger partial charge in [0.2, 0.25) is 23.6 Å². The SMILES string of the molecule is CC(=O)N[C@@H]1[C@H](OCc2ccccc2)OC(CO)C(O)[C@H]1OC(C)C(=O)N[C@H](C)C(=O)N[C@H](CCC(=O)OCCCCNC(=O)c1cccc2cc3ccccc3nc12)C(N)=O. The molecule has 332 valence electrons. The lowest BCUT2D eigenvalue weighted by Crippen LogP contribution is -2.66. The molecule has 5 amide bonds. The van der Waals surface area contributed by atoms with E-state index in [0.717, 1.165) is 21.9 Å². The first-order valence-corrected chi connectivity index (χ1v) is 20.4. The number of amides is 5. The van der Waals surface area contributed by atoms with Crippen molar-refractivity contribution in [3.63, 3.8) is 0 Å². The van der Waals surface area contributed by atoms with E-state index in [4.69, 9.17) is 24.7 Å². The highest BCUT2D eigenvalue weighted by molar-refractivity contribution is 6.07. The number of ether oxygens (including phenoxy) is 4. The summed E-state index contributed by atoms with van der Waals surface area (Å²) in [5.74, 6) is -3.87. The van der Waals surface area contributed by atoms with Gasteiger partial charge in [0.25, 0.3) is 5.91 Å². The Hall–Kier alpha value is -6.05. The molecule has 1 fully saturated rings. The monoisotopic (exact) mass is 858 g/mol. The summed E-state index contributed by atoms with van der Waals surface area (Å²) in [4.78, 5) is 80.8. The van der Waals surface area contributed by atoms with Crippen LogP contribution in [0.25, 0.3) is 21.8 Å². The average Bonchev–Trinajstić information content (AvgIpc) is 3.25. The highest BCUT2D eigenvalue weighted by atomic mass is 16.7. The van der Waals surface area contributed by atoms with Crippen LogP contribution < -0.4 is 27.0 Å². The Kier molecular flexibility index (Phi) is 17.2. The van der Waals surface area contributed by atoms with Gasteiger partial charge in [0.15, 0.2) is 6.29 Å². The van der Waals surface area contributed by atoms with Gasteiger partial charge in [-0.1, -0.05) is 60.7 Å². The second-order valence-electron chi connectivity index (χ2n) is 15.0. The Morgan fingerprint density at radius 2 is 1.63 bits per heavy atom. The van der Waals surface area contributed by atoms with Crippen LogP contribution >= 0.6 is 0 Å². The molecule has 5 rings (SSSR count). The fourth-order valence-electron chi connectivity index (χ4n) is 6.82. The van der Waals surface area contributed by atoms with Gasteiger partial charge in [0.05, 0.1) is 36.4 Å². The van der Waals surface area contributed by atoms with Gasteiger partial charge in [0.1, 0.15) is 42.5 Å². The fourth-order valence-corrected chi connectivity index (χ4v) is 6.82. The number of benzene rings is 3. The molecule has 1 aliphatic heterocycles. The van der Waals surface area contributed by atoms with Crippen molar-refractivity contribution in [3.05, 3.63) is 90.0 Å². The highest BCUT2D eigenvalue weighted by Crippen LogP contribution is 2.27. The third-order valence-corrected chi connectivity index (χ3v) is 10.2. The molecule has 0 spiro atoms. The van der Waals surface area contributed by atoms with E-state index in [2.05, 4.69) is 26.3 Å². The fraction of sp³-hybridized carbons (Fsp3) is 0.432. The van der Waals surface area contributed by atoms with Crippen molar-refractivity contribution < 1.29 is 57.9 Å². The number of nitrogens with zero attached hydrogens (tertiary/aromatic N) is 1. The number of aromatic nitrogens is 1. The molecule has 8 N–H and O–H groups in total. The maximum atomic E-state index is 13.2. The first-order chi connectivity index (χ1) is 29.7. The molecular formula is C44H54N6O12. The molecule has 18 heteroatoms. The summed E-state index contributed by atoms with van der Waals surface area (Å²) in [5.41, 5.74) is 8.14. The van der Waals surface area contributed by atoms with Crippen LogP contribution in [0, 0.1) is 0 Å². The molecule has 1 saturated heterocycles. The molecule has 8 atom stereocenters. The number of aliphatic hydroxyl groups excluding tert-OH is 2. The second kappa shape index (κ2) is 22.7. The first-order valence-electron chi connectivity index (χ1n) is 20.4. The average molecular weight is 859 g/mol. The van der Waals surface area contributed by atoms with Crippen LogP contribution in [0.3, 0.4) is 0 Å². The molecule has 3 aromatic carbocycles. The van der Waals surface area contributed by atoms with Crippen LogP contribution in [0.5, 0.6) is 0 Å². The molecule has 2 heterocycles. The van der Waals surface area contributed by atoms with E-state index in [-0.39, 0.29) is 32.0 Å². The summed E-state index contributed by atoms with van der Waals surface area (Å²) in [6.45, 7) is 3.79. The summed E-state index contributed by atoms with van der Waals surface area (Å²) >= 11 is 0.